The SMILES string of the molecule is CCNC1COCC1CN(CC)c1ccccc1F. The zero-order chi connectivity index (χ0) is 13.7. The van der Waals surface area contributed by atoms with Gasteiger partial charge < -0.3 is 15.0 Å². The van der Waals surface area contributed by atoms with Gasteiger partial charge in [0.15, 0.2) is 0 Å². The summed E-state index contributed by atoms with van der Waals surface area (Å²) in [6.07, 6.45) is 0. The summed E-state index contributed by atoms with van der Waals surface area (Å²) in [6.45, 7) is 8.24. The summed E-state index contributed by atoms with van der Waals surface area (Å²) < 4.78 is 19.4. The molecule has 0 aliphatic carbocycles. The van der Waals surface area contributed by atoms with Gasteiger partial charge in [-0.25, -0.2) is 4.39 Å². The van der Waals surface area contributed by atoms with Gasteiger partial charge in [-0.3, -0.25) is 0 Å². The Morgan fingerprint density at radius 3 is 2.79 bits per heavy atom. The molecule has 0 saturated carbocycles. The number of rotatable bonds is 6. The molecule has 2 unspecified atom stereocenters. The van der Waals surface area contributed by atoms with E-state index in [0.717, 1.165) is 32.8 Å². The number of hydrogen-bond donors (Lipinski definition) is 1. The van der Waals surface area contributed by atoms with Gasteiger partial charge in [0.25, 0.3) is 0 Å². The summed E-state index contributed by atoms with van der Waals surface area (Å²) in [5, 5.41) is 3.44. The molecule has 2 rings (SSSR count). The third-order valence-electron chi connectivity index (χ3n) is 3.69. The highest BCUT2D eigenvalue weighted by atomic mass is 19.1. The van der Waals surface area contributed by atoms with Crippen molar-refractivity contribution >= 4 is 5.69 Å². The highest BCUT2D eigenvalue weighted by Gasteiger charge is 2.29. The maximum Gasteiger partial charge on any atom is 0.146 e. The first kappa shape index (κ1) is 14.3. The van der Waals surface area contributed by atoms with Crippen LogP contribution in [0.25, 0.3) is 0 Å². The molecule has 19 heavy (non-hydrogen) atoms. The van der Waals surface area contributed by atoms with Crippen LogP contribution in [0.3, 0.4) is 0 Å². The van der Waals surface area contributed by atoms with Gasteiger partial charge in [0, 0.05) is 25.0 Å². The predicted molar refractivity (Wildman–Crippen MR) is 76.1 cm³/mol. The van der Waals surface area contributed by atoms with Gasteiger partial charge in [0.1, 0.15) is 5.82 Å². The maximum atomic E-state index is 13.9. The van der Waals surface area contributed by atoms with E-state index in [1.54, 1.807) is 6.07 Å². The van der Waals surface area contributed by atoms with Gasteiger partial charge in [-0.05, 0) is 25.6 Å². The molecule has 106 valence electrons. The first-order valence-electron chi connectivity index (χ1n) is 7.06. The molecule has 1 aliphatic rings. The smallest absolute Gasteiger partial charge is 0.146 e. The van der Waals surface area contributed by atoms with Gasteiger partial charge in [-0.1, -0.05) is 19.1 Å². The maximum absolute atomic E-state index is 13.9. The minimum Gasteiger partial charge on any atom is -0.379 e. The largest absolute Gasteiger partial charge is 0.379 e. The zero-order valence-electron chi connectivity index (χ0n) is 11.7. The van der Waals surface area contributed by atoms with Crippen LogP contribution in [0, 0.1) is 11.7 Å². The molecule has 3 nitrogen and oxygen atoms in total. The van der Waals surface area contributed by atoms with Crippen LogP contribution in [0.5, 0.6) is 0 Å². The number of halogens is 1. The number of likely N-dealkylation sites (N-methyl/N-ethyl adjacent to an activating group) is 1. The average molecular weight is 266 g/mol. The minimum atomic E-state index is -0.150. The first-order chi connectivity index (χ1) is 9.26. The van der Waals surface area contributed by atoms with Crippen LogP contribution >= 0.6 is 0 Å². The second-order valence-electron chi connectivity index (χ2n) is 4.95. The Hall–Kier alpha value is -1.13. The first-order valence-corrected chi connectivity index (χ1v) is 7.06. The normalized spacial score (nSPS) is 22.7. The molecule has 0 bridgehead atoms. The Labute approximate surface area is 114 Å². The van der Waals surface area contributed by atoms with Crippen molar-refractivity contribution in [3.05, 3.63) is 30.1 Å². The van der Waals surface area contributed by atoms with Crippen molar-refractivity contribution in [3.8, 4) is 0 Å². The standard InChI is InChI=1S/C15H23FN2O/c1-3-17-14-11-19-10-12(14)9-18(4-2)15-8-6-5-7-13(15)16/h5-8,12,14,17H,3-4,9-11H2,1-2H3. The molecular formula is C15H23FN2O. The van der Waals surface area contributed by atoms with Crippen LogP contribution in [0.2, 0.25) is 0 Å². The van der Waals surface area contributed by atoms with Gasteiger partial charge in [0.2, 0.25) is 0 Å². The van der Waals surface area contributed by atoms with Crippen LogP contribution in [-0.4, -0.2) is 38.9 Å². The van der Waals surface area contributed by atoms with Crippen molar-refractivity contribution in [1.29, 1.82) is 0 Å². The van der Waals surface area contributed by atoms with Crippen LogP contribution in [0.4, 0.5) is 10.1 Å². The molecule has 4 heteroatoms. The lowest BCUT2D eigenvalue weighted by Crippen LogP contribution is -2.42. The van der Waals surface area contributed by atoms with E-state index in [0.29, 0.717) is 17.6 Å². The lowest BCUT2D eigenvalue weighted by Gasteiger charge is -2.29. The molecule has 1 N–H and O–H groups in total. The molecule has 0 amide bonds. The lowest BCUT2D eigenvalue weighted by molar-refractivity contribution is 0.183. The average Bonchev–Trinajstić information content (AvgIpc) is 2.85. The fraction of sp³-hybridized carbons (Fsp3) is 0.600. The fourth-order valence-corrected chi connectivity index (χ4v) is 2.66. The Morgan fingerprint density at radius 1 is 1.32 bits per heavy atom. The highest BCUT2D eigenvalue weighted by molar-refractivity contribution is 5.47. The molecule has 1 aromatic carbocycles. The van der Waals surface area contributed by atoms with Crippen LogP contribution in [0.15, 0.2) is 24.3 Å². The van der Waals surface area contributed by atoms with Crippen LogP contribution in [-0.2, 0) is 4.74 Å². The van der Waals surface area contributed by atoms with E-state index in [4.69, 9.17) is 4.74 Å². The monoisotopic (exact) mass is 266 g/mol. The Balaban J connectivity index is 2.05. The molecule has 0 aromatic heterocycles. The van der Waals surface area contributed by atoms with E-state index in [1.165, 1.54) is 6.07 Å². The molecular weight excluding hydrogens is 243 g/mol. The van der Waals surface area contributed by atoms with Crippen molar-refractivity contribution in [2.24, 2.45) is 5.92 Å². The number of hydrogen-bond acceptors (Lipinski definition) is 3. The number of ether oxygens (including phenoxy) is 1. The van der Waals surface area contributed by atoms with Gasteiger partial charge in [-0.15, -0.1) is 0 Å². The molecule has 2 atom stereocenters. The number of nitrogens with zero attached hydrogens (tertiary/aromatic N) is 1. The van der Waals surface area contributed by atoms with Gasteiger partial charge in [0.05, 0.1) is 18.9 Å². The second kappa shape index (κ2) is 6.87. The molecule has 1 aliphatic heterocycles. The topological polar surface area (TPSA) is 24.5 Å². The lowest BCUT2D eigenvalue weighted by atomic mass is 10.0. The van der Waals surface area contributed by atoms with Crippen molar-refractivity contribution in [1.82, 2.24) is 5.32 Å². The Bertz CT molecular complexity index is 399. The molecule has 1 aromatic rings. The number of benzene rings is 1. The number of para-hydroxylation sites is 1. The van der Waals surface area contributed by atoms with E-state index in [1.807, 2.05) is 12.1 Å². The molecule has 1 fully saturated rings. The summed E-state index contributed by atoms with van der Waals surface area (Å²) in [5.41, 5.74) is 0.687. The van der Waals surface area contributed by atoms with Crippen LogP contribution < -0.4 is 10.2 Å². The summed E-state index contributed by atoms with van der Waals surface area (Å²) in [5.74, 6) is 0.266. The van der Waals surface area contributed by atoms with E-state index in [9.17, 15) is 4.39 Å². The third kappa shape index (κ3) is 3.45. The van der Waals surface area contributed by atoms with E-state index >= 15 is 0 Å². The summed E-state index contributed by atoms with van der Waals surface area (Å²) in [6, 6.07) is 7.36. The minimum absolute atomic E-state index is 0.150. The molecule has 0 radical (unpaired) electrons. The summed E-state index contributed by atoms with van der Waals surface area (Å²) in [4.78, 5) is 2.10. The van der Waals surface area contributed by atoms with Gasteiger partial charge in [-0.2, -0.15) is 0 Å². The number of anilines is 1. The third-order valence-corrected chi connectivity index (χ3v) is 3.69. The van der Waals surface area contributed by atoms with E-state index in [-0.39, 0.29) is 5.82 Å². The predicted octanol–water partition coefficient (Wildman–Crippen LogP) is 2.28. The van der Waals surface area contributed by atoms with Crippen molar-refractivity contribution < 1.29 is 9.13 Å². The van der Waals surface area contributed by atoms with E-state index in [2.05, 4.69) is 24.1 Å². The quantitative estimate of drug-likeness (QED) is 0.855. The van der Waals surface area contributed by atoms with Crippen molar-refractivity contribution in [2.45, 2.75) is 19.9 Å². The highest BCUT2D eigenvalue weighted by Crippen LogP contribution is 2.22. The number of nitrogens with one attached hydrogen (secondary N) is 1. The molecule has 1 heterocycles. The van der Waals surface area contributed by atoms with Crippen LogP contribution in [0.1, 0.15) is 13.8 Å². The second-order valence-corrected chi connectivity index (χ2v) is 4.95. The Morgan fingerprint density at radius 2 is 2.11 bits per heavy atom. The van der Waals surface area contributed by atoms with Crippen molar-refractivity contribution in [2.75, 3.05) is 37.7 Å². The summed E-state index contributed by atoms with van der Waals surface area (Å²) >= 11 is 0. The van der Waals surface area contributed by atoms with Crippen molar-refractivity contribution in [3.63, 3.8) is 0 Å². The van der Waals surface area contributed by atoms with Gasteiger partial charge >= 0.3 is 0 Å². The Kier molecular flexibility index (Phi) is 5.16. The zero-order valence-corrected chi connectivity index (χ0v) is 11.7. The fourth-order valence-electron chi connectivity index (χ4n) is 2.66. The molecule has 0 spiro atoms. The molecule has 1 saturated heterocycles. The summed E-state index contributed by atoms with van der Waals surface area (Å²) in [7, 11) is 0. The van der Waals surface area contributed by atoms with E-state index < -0.39 is 0 Å².